The lowest BCUT2D eigenvalue weighted by atomic mass is 10.2. The van der Waals surface area contributed by atoms with Crippen LogP contribution in [0.3, 0.4) is 0 Å². The zero-order valence-electron chi connectivity index (χ0n) is 16.1. The third-order valence-electron chi connectivity index (χ3n) is 5.38. The topological polar surface area (TPSA) is 55.7 Å². The average molecular weight is 367 g/mol. The summed E-state index contributed by atoms with van der Waals surface area (Å²) in [6, 6.07) is 12.5. The molecule has 0 spiro atoms. The Bertz CT molecular complexity index is 747. The van der Waals surface area contributed by atoms with E-state index in [1.165, 1.54) is 18.4 Å². The number of benzene rings is 1. The van der Waals surface area contributed by atoms with Gasteiger partial charge in [0.15, 0.2) is 0 Å². The number of aliphatic hydroxyl groups excluding tert-OH is 1. The third-order valence-corrected chi connectivity index (χ3v) is 5.38. The number of aryl methyl sites for hydroxylation is 1. The van der Waals surface area contributed by atoms with Gasteiger partial charge in [-0.15, -0.1) is 0 Å². The van der Waals surface area contributed by atoms with Crippen LogP contribution in [0.5, 0.6) is 0 Å². The quantitative estimate of drug-likeness (QED) is 0.893. The largest absolute Gasteiger partial charge is 0.390 e. The van der Waals surface area contributed by atoms with Crippen molar-refractivity contribution >= 4 is 11.8 Å². The van der Waals surface area contributed by atoms with E-state index in [-0.39, 0.29) is 6.10 Å². The van der Waals surface area contributed by atoms with Crippen LogP contribution >= 0.6 is 0 Å². The molecule has 1 atom stereocenters. The summed E-state index contributed by atoms with van der Waals surface area (Å²) in [5, 5.41) is 10.6. The van der Waals surface area contributed by atoms with Gasteiger partial charge in [0.05, 0.1) is 6.10 Å². The molecule has 0 amide bonds. The molecule has 144 valence electrons. The van der Waals surface area contributed by atoms with E-state index in [1.54, 1.807) is 0 Å². The van der Waals surface area contributed by atoms with Crippen LogP contribution in [0.25, 0.3) is 0 Å². The summed E-state index contributed by atoms with van der Waals surface area (Å²) < 4.78 is 0. The second-order valence-electron chi connectivity index (χ2n) is 7.68. The molecular weight excluding hydrogens is 338 g/mol. The minimum Gasteiger partial charge on any atom is -0.390 e. The van der Waals surface area contributed by atoms with Gasteiger partial charge in [0.2, 0.25) is 5.95 Å². The van der Waals surface area contributed by atoms with Crippen molar-refractivity contribution in [3.63, 3.8) is 0 Å². The lowest BCUT2D eigenvalue weighted by molar-refractivity contribution is 0.129. The Morgan fingerprint density at radius 1 is 0.963 bits per heavy atom. The molecule has 0 unspecified atom stereocenters. The highest BCUT2D eigenvalue weighted by Crippen LogP contribution is 2.22. The fraction of sp³-hybridized carbons (Fsp3) is 0.524. The van der Waals surface area contributed by atoms with Gasteiger partial charge in [-0.05, 0) is 25.3 Å². The standard InChI is InChI=1S/C21H29N5O/c1-17-13-20(23-21(22-17)25-9-5-6-10-25)26-12-11-24(15-19(27)16-26)14-18-7-3-2-4-8-18/h2-4,7-8,13,19,27H,5-6,9-12,14-16H2,1H3/t19-/m0/s1. The molecule has 6 heteroatoms. The monoisotopic (exact) mass is 367 g/mol. The maximum atomic E-state index is 10.6. The molecule has 2 aliphatic heterocycles. The van der Waals surface area contributed by atoms with Crippen LogP contribution in [0.15, 0.2) is 36.4 Å². The first-order valence-corrected chi connectivity index (χ1v) is 9.97. The van der Waals surface area contributed by atoms with Gasteiger partial charge in [-0.25, -0.2) is 4.98 Å². The van der Waals surface area contributed by atoms with Crippen LogP contribution in [0.2, 0.25) is 0 Å². The molecule has 0 aliphatic carbocycles. The number of anilines is 2. The molecule has 27 heavy (non-hydrogen) atoms. The Morgan fingerprint density at radius 2 is 1.74 bits per heavy atom. The van der Waals surface area contributed by atoms with Crippen LogP contribution in [-0.2, 0) is 6.54 Å². The minimum absolute atomic E-state index is 0.387. The van der Waals surface area contributed by atoms with Crippen molar-refractivity contribution < 1.29 is 5.11 Å². The van der Waals surface area contributed by atoms with Crippen molar-refractivity contribution in [1.82, 2.24) is 14.9 Å². The summed E-state index contributed by atoms with van der Waals surface area (Å²) >= 11 is 0. The highest BCUT2D eigenvalue weighted by molar-refractivity contribution is 5.46. The maximum absolute atomic E-state index is 10.6. The van der Waals surface area contributed by atoms with Gasteiger partial charge in [0.1, 0.15) is 5.82 Å². The molecule has 0 saturated carbocycles. The van der Waals surface area contributed by atoms with E-state index < -0.39 is 0 Å². The minimum atomic E-state index is -0.387. The zero-order chi connectivity index (χ0) is 18.6. The highest BCUT2D eigenvalue weighted by Gasteiger charge is 2.24. The van der Waals surface area contributed by atoms with E-state index in [1.807, 2.05) is 19.1 Å². The molecule has 3 heterocycles. The van der Waals surface area contributed by atoms with Crippen molar-refractivity contribution in [2.75, 3.05) is 49.1 Å². The Morgan fingerprint density at radius 3 is 2.52 bits per heavy atom. The fourth-order valence-corrected chi connectivity index (χ4v) is 4.01. The Labute approximate surface area is 161 Å². The summed E-state index contributed by atoms with van der Waals surface area (Å²) in [7, 11) is 0. The number of hydrogen-bond donors (Lipinski definition) is 1. The van der Waals surface area contributed by atoms with Crippen LogP contribution < -0.4 is 9.80 Å². The first-order valence-electron chi connectivity index (χ1n) is 9.97. The van der Waals surface area contributed by atoms with E-state index in [9.17, 15) is 5.11 Å². The van der Waals surface area contributed by atoms with E-state index in [2.05, 4.69) is 43.9 Å². The third kappa shape index (κ3) is 4.57. The lowest BCUT2D eigenvalue weighted by Crippen LogP contribution is -2.34. The molecule has 0 bridgehead atoms. The first kappa shape index (κ1) is 18.2. The zero-order valence-corrected chi connectivity index (χ0v) is 16.1. The van der Waals surface area contributed by atoms with Gasteiger partial charge in [0.25, 0.3) is 0 Å². The van der Waals surface area contributed by atoms with Crippen molar-refractivity contribution in [2.24, 2.45) is 0 Å². The number of nitrogens with zero attached hydrogens (tertiary/aromatic N) is 5. The summed E-state index contributed by atoms with van der Waals surface area (Å²) in [5.41, 5.74) is 2.27. The second kappa shape index (κ2) is 8.23. The Hall–Kier alpha value is -2.18. The fourth-order valence-electron chi connectivity index (χ4n) is 4.01. The summed E-state index contributed by atoms with van der Waals surface area (Å²) in [6.07, 6.45) is 2.04. The summed E-state index contributed by atoms with van der Waals surface area (Å²) in [5.74, 6) is 1.77. The summed E-state index contributed by atoms with van der Waals surface area (Å²) in [6.45, 7) is 8.05. The number of β-amino-alcohol motifs (C(OH)–C–C–N with tert-alkyl or cyclic N) is 1. The van der Waals surface area contributed by atoms with Crippen LogP contribution in [0, 0.1) is 6.92 Å². The number of rotatable bonds is 4. The van der Waals surface area contributed by atoms with Crippen molar-refractivity contribution in [3.8, 4) is 0 Å². The molecule has 6 nitrogen and oxygen atoms in total. The molecule has 2 aromatic rings. The SMILES string of the molecule is Cc1cc(N2CCN(Cc3ccccc3)C[C@H](O)C2)nc(N2CCCC2)n1. The smallest absolute Gasteiger partial charge is 0.227 e. The molecule has 2 fully saturated rings. The van der Waals surface area contributed by atoms with E-state index in [0.717, 1.165) is 50.2 Å². The van der Waals surface area contributed by atoms with Gasteiger partial charge in [0, 0.05) is 57.6 Å². The Balaban J connectivity index is 1.48. The van der Waals surface area contributed by atoms with Gasteiger partial charge in [-0.2, -0.15) is 4.98 Å². The maximum Gasteiger partial charge on any atom is 0.227 e. The molecule has 2 aliphatic rings. The van der Waals surface area contributed by atoms with Crippen molar-refractivity contribution in [1.29, 1.82) is 0 Å². The lowest BCUT2D eigenvalue weighted by Gasteiger charge is -2.25. The predicted molar refractivity (Wildman–Crippen MR) is 108 cm³/mol. The first-order chi connectivity index (χ1) is 13.2. The molecular formula is C21H29N5O. The molecule has 1 N–H and O–H groups in total. The van der Waals surface area contributed by atoms with Gasteiger partial charge in [-0.3, -0.25) is 4.90 Å². The Kier molecular flexibility index (Phi) is 5.55. The van der Waals surface area contributed by atoms with Gasteiger partial charge >= 0.3 is 0 Å². The molecule has 2 saturated heterocycles. The summed E-state index contributed by atoms with van der Waals surface area (Å²) in [4.78, 5) is 16.3. The van der Waals surface area contributed by atoms with Crippen LogP contribution in [0.1, 0.15) is 24.1 Å². The highest BCUT2D eigenvalue weighted by atomic mass is 16.3. The van der Waals surface area contributed by atoms with E-state index in [4.69, 9.17) is 4.98 Å². The number of aromatic nitrogens is 2. The second-order valence-corrected chi connectivity index (χ2v) is 7.68. The van der Waals surface area contributed by atoms with Crippen LogP contribution in [-0.4, -0.2) is 65.3 Å². The predicted octanol–water partition coefficient (Wildman–Crippen LogP) is 2.07. The average Bonchev–Trinajstić information content (AvgIpc) is 3.13. The molecule has 1 aromatic heterocycles. The van der Waals surface area contributed by atoms with Gasteiger partial charge in [-0.1, -0.05) is 30.3 Å². The number of aliphatic hydroxyl groups is 1. The van der Waals surface area contributed by atoms with E-state index in [0.29, 0.717) is 13.1 Å². The number of hydrogen-bond acceptors (Lipinski definition) is 6. The van der Waals surface area contributed by atoms with Crippen LogP contribution in [0.4, 0.5) is 11.8 Å². The van der Waals surface area contributed by atoms with Gasteiger partial charge < -0.3 is 14.9 Å². The van der Waals surface area contributed by atoms with Crippen molar-refractivity contribution in [3.05, 3.63) is 47.7 Å². The molecule has 4 rings (SSSR count). The van der Waals surface area contributed by atoms with Crippen molar-refractivity contribution in [2.45, 2.75) is 32.4 Å². The molecule has 1 aromatic carbocycles. The normalized spacial score (nSPS) is 21.5. The van der Waals surface area contributed by atoms with E-state index >= 15 is 0 Å². The molecule has 0 radical (unpaired) electrons.